The molecule has 1 N–H and O–H groups in total. The van der Waals surface area contributed by atoms with Crippen molar-refractivity contribution in [2.75, 3.05) is 27.3 Å². The Balaban J connectivity index is 2.59. The van der Waals surface area contributed by atoms with Crippen LogP contribution < -0.4 is 14.8 Å². The van der Waals surface area contributed by atoms with Gasteiger partial charge in [-0.05, 0) is 49.5 Å². The molecule has 102 valence electrons. The van der Waals surface area contributed by atoms with Crippen LogP contribution in [0.25, 0.3) is 0 Å². The van der Waals surface area contributed by atoms with Crippen molar-refractivity contribution in [2.45, 2.75) is 26.7 Å². The molecule has 18 heavy (non-hydrogen) atoms. The molecular weight excluding hydrogens is 226 g/mol. The molecule has 0 aliphatic heterocycles. The molecule has 0 fully saturated rings. The predicted molar refractivity (Wildman–Crippen MR) is 75.6 cm³/mol. The van der Waals surface area contributed by atoms with Crippen molar-refractivity contribution in [1.29, 1.82) is 0 Å². The fourth-order valence-electron chi connectivity index (χ4n) is 1.98. The molecule has 0 radical (unpaired) electrons. The monoisotopic (exact) mass is 251 g/mol. The van der Waals surface area contributed by atoms with Crippen LogP contribution >= 0.6 is 0 Å². The Morgan fingerprint density at radius 2 is 1.72 bits per heavy atom. The van der Waals surface area contributed by atoms with Gasteiger partial charge in [-0.1, -0.05) is 13.8 Å². The minimum atomic E-state index is 0.605. The topological polar surface area (TPSA) is 30.5 Å². The Morgan fingerprint density at radius 3 is 2.22 bits per heavy atom. The van der Waals surface area contributed by atoms with Gasteiger partial charge >= 0.3 is 0 Å². The molecule has 1 aromatic carbocycles. The van der Waals surface area contributed by atoms with E-state index in [9.17, 15) is 0 Å². The molecule has 3 heteroatoms. The summed E-state index contributed by atoms with van der Waals surface area (Å²) >= 11 is 0. The molecule has 0 bridgehead atoms. The lowest BCUT2D eigenvalue weighted by Crippen LogP contribution is -2.23. The SMILES string of the molecule is CCCNCC(C)Cc1cc(OC)cc(OC)c1. The summed E-state index contributed by atoms with van der Waals surface area (Å²) in [4.78, 5) is 0. The van der Waals surface area contributed by atoms with Gasteiger partial charge < -0.3 is 14.8 Å². The van der Waals surface area contributed by atoms with Crippen LogP contribution in [0.2, 0.25) is 0 Å². The van der Waals surface area contributed by atoms with Crippen LogP contribution in [0.4, 0.5) is 0 Å². The number of rotatable bonds is 8. The lowest BCUT2D eigenvalue weighted by molar-refractivity contribution is 0.392. The van der Waals surface area contributed by atoms with Gasteiger partial charge in [0.15, 0.2) is 0 Å². The molecule has 1 rings (SSSR count). The molecule has 0 saturated carbocycles. The van der Waals surface area contributed by atoms with E-state index in [1.54, 1.807) is 14.2 Å². The van der Waals surface area contributed by atoms with Crippen molar-refractivity contribution in [3.05, 3.63) is 23.8 Å². The predicted octanol–water partition coefficient (Wildman–Crippen LogP) is 2.88. The molecule has 0 heterocycles. The maximum Gasteiger partial charge on any atom is 0.122 e. The Labute approximate surface area is 110 Å². The smallest absolute Gasteiger partial charge is 0.122 e. The van der Waals surface area contributed by atoms with Crippen molar-refractivity contribution >= 4 is 0 Å². The van der Waals surface area contributed by atoms with Crippen LogP contribution in [0.5, 0.6) is 11.5 Å². The number of hydrogen-bond donors (Lipinski definition) is 1. The van der Waals surface area contributed by atoms with Gasteiger partial charge in [0.1, 0.15) is 11.5 Å². The largest absolute Gasteiger partial charge is 0.497 e. The second kappa shape index (κ2) is 7.98. The molecule has 0 aliphatic carbocycles. The molecule has 0 saturated heterocycles. The standard InChI is InChI=1S/C15H25NO2/c1-5-6-16-11-12(2)7-13-8-14(17-3)10-15(9-13)18-4/h8-10,12,16H,5-7,11H2,1-4H3. The molecule has 0 aliphatic rings. The van der Waals surface area contributed by atoms with Crippen LogP contribution in [-0.2, 0) is 6.42 Å². The van der Waals surface area contributed by atoms with E-state index in [2.05, 4.69) is 31.3 Å². The highest BCUT2D eigenvalue weighted by Crippen LogP contribution is 2.24. The third-order valence-electron chi connectivity index (χ3n) is 2.91. The van der Waals surface area contributed by atoms with Crippen LogP contribution in [0, 0.1) is 5.92 Å². The highest BCUT2D eigenvalue weighted by molar-refractivity contribution is 5.38. The number of nitrogens with one attached hydrogen (secondary N) is 1. The summed E-state index contributed by atoms with van der Waals surface area (Å²) in [6.07, 6.45) is 2.21. The average Bonchev–Trinajstić information content (AvgIpc) is 2.38. The van der Waals surface area contributed by atoms with Crippen LogP contribution in [0.15, 0.2) is 18.2 Å². The van der Waals surface area contributed by atoms with Crippen LogP contribution in [-0.4, -0.2) is 27.3 Å². The highest BCUT2D eigenvalue weighted by Gasteiger charge is 2.06. The van der Waals surface area contributed by atoms with E-state index in [4.69, 9.17) is 9.47 Å². The summed E-state index contributed by atoms with van der Waals surface area (Å²) in [5, 5.41) is 3.45. The van der Waals surface area contributed by atoms with Gasteiger partial charge in [0.2, 0.25) is 0 Å². The van der Waals surface area contributed by atoms with Gasteiger partial charge in [0, 0.05) is 6.07 Å². The van der Waals surface area contributed by atoms with Gasteiger partial charge in [-0.15, -0.1) is 0 Å². The maximum atomic E-state index is 5.28. The summed E-state index contributed by atoms with van der Waals surface area (Å²) < 4.78 is 10.6. The maximum absolute atomic E-state index is 5.28. The zero-order chi connectivity index (χ0) is 13.4. The van der Waals surface area contributed by atoms with Gasteiger partial charge in [-0.3, -0.25) is 0 Å². The molecule has 1 aromatic rings. The van der Waals surface area contributed by atoms with Crippen LogP contribution in [0.1, 0.15) is 25.8 Å². The minimum Gasteiger partial charge on any atom is -0.497 e. The quantitative estimate of drug-likeness (QED) is 0.721. The van der Waals surface area contributed by atoms with E-state index in [-0.39, 0.29) is 0 Å². The highest BCUT2D eigenvalue weighted by atomic mass is 16.5. The first-order valence-electron chi connectivity index (χ1n) is 6.62. The summed E-state index contributed by atoms with van der Waals surface area (Å²) in [6, 6.07) is 6.07. The number of benzene rings is 1. The number of ether oxygens (including phenoxy) is 2. The van der Waals surface area contributed by atoms with Gasteiger partial charge in [0.05, 0.1) is 14.2 Å². The molecule has 0 amide bonds. The first kappa shape index (κ1) is 14.8. The molecule has 1 unspecified atom stereocenters. The van der Waals surface area contributed by atoms with E-state index >= 15 is 0 Å². The zero-order valence-electron chi connectivity index (χ0n) is 12.0. The first-order valence-corrected chi connectivity index (χ1v) is 6.62. The Bertz CT molecular complexity index is 330. The molecule has 1 atom stereocenters. The van der Waals surface area contributed by atoms with Crippen molar-refractivity contribution in [2.24, 2.45) is 5.92 Å². The second-order valence-electron chi connectivity index (χ2n) is 4.73. The normalized spacial score (nSPS) is 12.2. The summed E-state index contributed by atoms with van der Waals surface area (Å²) in [5.41, 5.74) is 1.26. The zero-order valence-corrected chi connectivity index (χ0v) is 12.0. The Kier molecular flexibility index (Phi) is 6.58. The number of hydrogen-bond acceptors (Lipinski definition) is 3. The average molecular weight is 251 g/mol. The summed E-state index contributed by atoms with van der Waals surface area (Å²) in [7, 11) is 3.37. The van der Waals surface area contributed by atoms with E-state index in [0.717, 1.165) is 31.0 Å². The summed E-state index contributed by atoms with van der Waals surface area (Å²) in [5.74, 6) is 2.32. The fourth-order valence-corrected chi connectivity index (χ4v) is 1.98. The third-order valence-corrected chi connectivity index (χ3v) is 2.91. The van der Waals surface area contributed by atoms with Crippen LogP contribution in [0.3, 0.4) is 0 Å². The second-order valence-corrected chi connectivity index (χ2v) is 4.73. The van der Waals surface area contributed by atoms with Gasteiger partial charge in [0.25, 0.3) is 0 Å². The number of methoxy groups -OCH3 is 2. The molecule has 3 nitrogen and oxygen atoms in total. The van der Waals surface area contributed by atoms with Crippen molar-refractivity contribution in [1.82, 2.24) is 5.32 Å². The van der Waals surface area contributed by atoms with E-state index in [1.165, 1.54) is 12.0 Å². The Hall–Kier alpha value is -1.22. The van der Waals surface area contributed by atoms with Gasteiger partial charge in [-0.25, -0.2) is 0 Å². The van der Waals surface area contributed by atoms with Crippen molar-refractivity contribution < 1.29 is 9.47 Å². The molecule has 0 spiro atoms. The van der Waals surface area contributed by atoms with Crippen molar-refractivity contribution in [3.63, 3.8) is 0 Å². The van der Waals surface area contributed by atoms with Crippen molar-refractivity contribution in [3.8, 4) is 11.5 Å². The minimum absolute atomic E-state index is 0.605. The lowest BCUT2D eigenvalue weighted by atomic mass is 10.0. The van der Waals surface area contributed by atoms with E-state index in [1.807, 2.05) is 6.07 Å². The molecular formula is C15H25NO2. The summed E-state index contributed by atoms with van der Waals surface area (Å²) in [6.45, 7) is 6.58. The first-order chi connectivity index (χ1) is 8.69. The molecule has 0 aromatic heterocycles. The third kappa shape index (κ3) is 4.96. The fraction of sp³-hybridized carbons (Fsp3) is 0.600. The van der Waals surface area contributed by atoms with Gasteiger partial charge in [-0.2, -0.15) is 0 Å². The Morgan fingerprint density at radius 1 is 1.11 bits per heavy atom. The lowest BCUT2D eigenvalue weighted by Gasteiger charge is -2.14. The van der Waals surface area contributed by atoms with E-state index < -0.39 is 0 Å². The van der Waals surface area contributed by atoms with E-state index in [0.29, 0.717) is 5.92 Å².